The molecule has 0 fully saturated rings. The lowest BCUT2D eigenvalue weighted by atomic mass is 10.2. The second kappa shape index (κ2) is 4.73. The Bertz CT molecular complexity index is 568. The van der Waals surface area contributed by atoms with Crippen molar-refractivity contribution in [2.24, 2.45) is 5.73 Å². The number of ether oxygens (including phenoxy) is 1. The first kappa shape index (κ1) is 11.9. The van der Waals surface area contributed by atoms with E-state index >= 15 is 0 Å². The quantitative estimate of drug-likeness (QED) is 0.840. The average Bonchev–Trinajstić information content (AvgIpc) is 2.63. The van der Waals surface area contributed by atoms with Gasteiger partial charge in [0.2, 0.25) is 5.88 Å². The van der Waals surface area contributed by atoms with Crippen molar-refractivity contribution in [2.75, 3.05) is 0 Å². The van der Waals surface area contributed by atoms with Crippen LogP contribution in [-0.4, -0.2) is 15.2 Å². The van der Waals surface area contributed by atoms with Gasteiger partial charge in [-0.1, -0.05) is 29.9 Å². The molecule has 2 rings (SSSR count). The van der Waals surface area contributed by atoms with E-state index in [1.807, 2.05) is 6.92 Å². The normalized spacial score (nSPS) is 10.2. The van der Waals surface area contributed by atoms with Crippen LogP contribution in [0.15, 0.2) is 24.3 Å². The van der Waals surface area contributed by atoms with Gasteiger partial charge >= 0.3 is 0 Å². The number of benzene rings is 1. The molecule has 0 spiro atoms. The Balaban J connectivity index is 2.39. The van der Waals surface area contributed by atoms with E-state index in [2.05, 4.69) is 10.2 Å². The Hall–Kier alpha value is -1.59. The minimum absolute atomic E-state index is 0.192. The molecule has 1 aromatic carbocycles. The van der Waals surface area contributed by atoms with Gasteiger partial charge in [-0.05, 0) is 19.1 Å². The maximum atomic E-state index is 6.02. The number of aryl methyl sites for hydroxylation is 1. The predicted octanol–water partition coefficient (Wildman–Crippen LogP) is 2.80. The molecule has 0 aliphatic carbocycles. The van der Waals surface area contributed by atoms with E-state index in [0.29, 0.717) is 22.2 Å². The average molecular weight is 268 g/mol. The monoisotopic (exact) mass is 267 g/mol. The molecule has 3 N–H and O–H groups in total. The zero-order valence-corrected chi connectivity index (χ0v) is 10.6. The lowest BCUT2D eigenvalue weighted by Crippen LogP contribution is -2.11. The van der Waals surface area contributed by atoms with Crippen molar-refractivity contribution < 1.29 is 4.74 Å². The number of aromatic nitrogens is 2. The topological polar surface area (TPSA) is 63.9 Å². The van der Waals surface area contributed by atoms with Crippen LogP contribution in [0.25, 0.3) is 0 Å². The van der Waals surface area contributed by atoms with Crippen molar-refractivity contribution in [3.05, 3.63) is 40.5 Å². The summed E-state index contributed by atoms with van der Waals surface area (Å²) in [6, 6.07) is 6.98. The van der Waals surface area contributed by atoms with E-state index in [4.69, 9.17) is 34.3 Å². The third-order valence-electron chi connectivity index (χ3n) is 2.12. The van der Waals surface area contributed by atoms with E-state index in [1.165, 1.54) is 0 Å². The van der Waals surface area contributed by atoms with E-state index in [0.717, 1.165) is 5.69 Å². The number of nitrogens with two attached hydrogens (primary N) is 1. The number of H-pyrrole nitrogens is 1. The summed E-state index contributed by atoms with van der Waals surface area (Å²) >= 11 is 11.0. The number of hydrogen-bond acceptors (Lipinski definition) is 3. The van der Waals surface area contributed by atoms with Crippen molar-refractivity contribution in [3.63, 3.8) is 0 Å². The molecule has 1 aromatic heterocycles. The lowest BCUT2D eigenvalue weighted by Gasteiger charge is -2.09. The predicted molar refractivity (Wildman–Crippen MR) is 70.7 cm³/mol. The smallest absolute Gasteiger partial charge is 0.238 e. The molecule has 6 heteroatoms. The molecular formula is C11H10ClN3OS. The van der Waals surface area contributed by atoms with E-state index < -0.39 is 0 Å². The van der Waals surface area contributed by atoms with Crippen LogP contribution in [-0.2, 0) is 0 Å². The molecule has 0 unspecified atom stereocenters. The van der Waals surface area contributed by atoms with Crippen molar-refractivity contribution in [2.45, 2.75) is 6.92 Å². The standard InChI is InChI=1S/C11H10ClN3OS/c1-6-5-9(15-14-6)16-8-4-2-3-7(12)10(8)11(13)17/h2-5H,1H3,(H2,13,17)(H,14,15). The van der Waals surface area contributed by atoms with Gasteiger partial charge in [0, 0.05) is 11.8 Å². The van der Waals surface area contributed by atoms with E-state index in [-0.39, 0.29) is 4.99 Å². The first-order chi connectivity index (χ1) is 8.08. The summed E-state index contributed by atoms with van der Waals surface area (Å²) in [4.78, 5) is 0.192. The zero-order valence-electron chi connectivity index (χ0n) is 9.03. The largest absolute Gasteiger partial charge is 0.437 e. The molecule has 88 valence electrons. The minimum atomic E-state index is 0.192. The summed E-state index contributed by atoms with van der Waals surface area (Å²) < 4.78 is 5.58. The summed E-state index contributed by atoms with van der Waals surface area (Å²) in [6.07, 6.45) is 0. The van der Waals surface area contributed by atoms with Gasteiger partial charge in [0.15, 0.2) is 0 Å². The highest BCUT2D eigenvalue weighted by atomic mass is 35.5. The van der Waals surface area contributed by atoms with E-state index in [9.17, 15) is 0 Å². The van der Waals surface area contributed by atoms with Crippen LogP contribution in [0.1, 0.15) is 11.3 Å². The Morgan fingerprint density at radius 1 is 1.53 bits per heavy atom. The molecule has 17 heavy (non-hydrogen) atoms. The van der Waals surface area contributed by atoms with Gasteiger partial charge in [-0.2, -0.15) is 0 Å². The molecule has 0 saturated heterocycles. The Kier molecular flexibility index (Phi) is 3.31. The van der Waals surface area contributed by atoms with Gasteiger partial charge in [0.25, 0.3) is 0 Å². The molecular weight excluding hydrogens is 258 g/mol. The van der Waals surface area contributed by atoms with Crippen LogP contribution < -0.4 is 10.5 Å². The zero-order chi connectivity index (χ0) is 12.4. The number of rotatable bonds is 3. The van der Waals surface area contributed by atoms with Crippen molar-refractivity contribution in [3.8, 4) is 11.6 Å². The maximum absolute atomic E-state index is 6.02. The molecule has 0 radical (unpaired) electrons. The summed E-state index contributed by atoms with van der Waals surface area (Å²) in [5.41, 5.74) is 7.03. The van der Waals surface area contributed by atoms with Gasteiger partial charge in [-0.15, -0.1) is 5.10 Å². The number of hydrogen-bond donors (Lipinski definition) is 2. The maximum Gasteiger partial charge on any atom is 0.238 e. The lowest BCUT2D eigenvalue weighted by molar-refractivity contribution is 0.461. The second-order valence-corrected chi connectivity index (χ2v) is 4.32. The van der Waals surface area contributed by atoms with Crippen LogP contribution in [0.3, 0.4) is 0 Å². The Labute approximate surface area is 109 Å². The summed E-state index contributed by atoms with van der Waals surface area (Å²) in [5, 5.41) is 7.21. The number of halogens is 1. The van der Waals surface area contributed by atoms with Gasteiger partial charge < -0.3 is 10.5 Å². The van der Waals surface area contributed by atoms with Crippen molar-refractivity contribution in [1.29, 1.82) is 0 Å². The van der Waals surface area contributed by atoms with Crippen molar-refractivity contribution in [1.82, 2.24) is 10.2 Å². The molecule has 4 nitrogen and oxygen atoms in total. The summed E-state index contributed by atoms with van der Waals surface area (Å²) in [5.74, 6) is 0.943. The van der Waals surface area contributed by atoms with E-state index in [1.54, 1.807) is 24.3 Å². The molecule has 0 aliphatic rings. The molecule has 2 aromatic rings. The first-order valence-corrected chi connectivity index (χ1v) is 5.64. The fraction of sp³-hybridized carbons (Fsp3) is 0.0909. The molecule has 0 bridgehead atoms. The third kappa shape index (κ3) is 2.57. The van der Waals surface area contributed by atoms with Gasteiger partial charge in [0.05, 0.1) is 10.6 Å². The molecule has 1 heterocycles. The fourth-order valence-corrected chi connectivity index (χ4v) is 1.92. The number of nitrogens with one attached hydrogen (secondary N) is 1. The summed E-state index contributed by atoms with van der Waals surface area (Å²) in [7, 11) is 0. The van der Waals surface area contributed by atoms with Crippen LogP contribution >= 0.6 is 23.8 Å². The highest BCUT2D eigenvalue weighted by Gasteiger charge is 2.12. The second-order valence-electron chi connectivity index (χ2n) is 3.47. The molecule has 0 saturated carbocycles. The van der Waals surface area contributed by atoms with Crippen LogP contribution in [0.4, 0.5) is 0 Å². The van der Waals surface area contributed by atoms with Gasteiger partial charge in [-0.25, -0.2) is 0 Å². The van der Waals surface area contributed by atoms with Crippen LogP contribution in [0.2, 0.25) is 5.02 Å². The minimum Gasteiger partial charge on any atom is -0.437 e. The highest BCUT2D eigenvalue weighted by molar-refractivity contribution is 7.80. The molecule has 0 amide bonds. The molecule has 0 aliphatic heterocycles. The van der Waals surface area contributed by atoms with Crippen molar-refractivity contribution >= 4 is 28.8 Å². The van der Waals surface area contributed by atoms with Gasteiger partial charge in [0.1, 0.15) is 10.7 Å². The first-order valence-electron chi connectivity index (χ1n) is 4.86. The Morgan fingerprint density at radius 3 is 2.88 bits per heavy atom. The third-order valence-corrected chi connectivity index (χ3v) is 2.64. The van der Waals surface area contributed by atoms with Gasteiger partial charge in [-0.3, -0.25) is 5.10 Å². The fourth-order valence-electron chi connectivity index (χ4n) is 1.39. The number of aromatic amines is 1. The molecule has 0 atom stereocenters. The Morgan fingerprint density at radius 2 is 2.29 bits per heavy atom. The van der Waals surface area contributed by atoms with Crippen LogP contribution in [0, 0.1) is 6.92 Å². The summed E-state index contributed by atoms with van der Waals surface area (Å²) in [6.45, 7) is 1.88. The number of thiocarbonyl (C=S) groups is 1. The highest BCUT2D eigenvalue weighted by Crippen LogP contribution is 2.29. The number of nitrogens with zero attached hydrogens (tertiary/aromatic N) is 1. The SMILES string of the molecule is Cc1cc(Oc2cccc(Cl)c2C(N)=S)n[nH]1. The van der Waals surface area contributed by atoms with Crippen LogP contribution in [0.5, 0.6) is 11.6 Å².